The molecule has 4 N–H and O–H groups in total. The third kappa shape index (κ3) is 6.62. The van der Waals surface area contributed by atoms with E-state index in [1.54, 1.807) is 0 Å². The van der Waals surface area contributed by atoms with Crippen molar-refractivity contribution in [1.82, 2.24) is 0 Å². The predicted octanol–water partition coefficient (Wildman–Crippen LogP) is 0.590. The highest BCUT2D eigenvalue weighted by Crippen LogP contribution is 1.95. The van der Waals surface area contributed by atoms with Crippen LogP contribution in [0.1, 0.15) is 6.42 Å². The van der Waals surface area contributed by atoms with E-state index in [9.17, 15) is 0 Å². The van der Waals surface area contributed by atoms with Crippen molar-refractivity contribution in [3.05, 3.63) is 0 Å². The summed E-state index contributed by atoms with van der Waals surface area (Å²) in [5.41, 5.74) is 0. The van der Waals surface area contributed by atoms with E-state index in [1.807, 2.05) is 0 Å². The summed E-state index contributed by atoms with van der Waals surface area (Å²) in [6.45, 7) is 0. The fourth-order valence-corrected chi connectivity index (χ4v) is 1.03. The Labute approximate surface area is 52.7 Å². The van der Waals surface area contributed by atoms with Crippen LogP contribution in [0, 0.1) is 0 Å². The van der Waals surface area contributed by atoms with E-state index in [0.29, 0.717) is 0 Å². The molecule has 4 heteroatoms. The molecular weight excluding hydrogens is 128 g/mol. The average Bonchev–Trinajstić information content (AvgIpc) is 1.69. The number of hydrogen-bond donors (Lipinski definition) is 2. The minimum absolute atomic E-state index is 1.02. The van der Waals surface area contributed by atoms with Gasteiger partial charge in [0.05, 0.1) is 0 Å². The zero-order valence-corrected chi connectivity index (χ0v) is 5.73. The quantitative estimate of drug-likeness (QED) is 0.441. The maximum atomic E-state index is 5.14. The summed E-state index contributed by atoms with van der Waals surface area (Å²) in [5, 5.41) is 10.3. The van der Waals surface area contributed by atoms with Crippen LogP contribution in [0.15, 0.2) is 0 Å². The highest BCUT2D eigenvalue weighted by atomic mass is 32.2. The predicted molar refractivity (Wildman–Crippen MR) is 37.9 cm³/mol. The number of nitrogens with two attached hydrogens (primary N) is 2. The molecule has 0 radical (unpaired) electrons. The molecule has 0 spiro atoms. The Morgan fingerprint density at radius 3 is 1.71 bits per heavy atom. The largest absolute Gasteiger partial charge is 0.278 e. The summed E-state index contributed by atoms with van der Waals surface area (Å²) in [7, 11) is 0. The Balaban J connectivity index is 2.45. The van der Waals surface area contributed by atoms with Gasteiger partial charge in [0, 0.05) is 11.5 Å². The van der Waals surface area contributed by atoms with E-state index in [1.165, 1.54) is 23.9 Å². The second-order valence-corrected chi connectivity index (χ2v) is 2.58. The highest BCUT2D eigenvalue weighted by molar-refractivity contribution is 7.97. The summed E-state index contributed by atoms with van der Waals surface area (Å²) < 4.78 is 0. The fraction of sp³-hybridized carbons (Fsp3) is 1.00. The Bertz CT molecular complexity index is 30.1. The molecule has 0 bridgehead atoms. The van der Waals surface area contributed by atoms with Crippen molar-refractivity contribution < 1.29 is 0 Å². The minimum Gasteiger partial charge on any atom is -0.278 e. The molecule has 0 saturated heterocycles. The molecule has 0 fully saturated rings. The molecular formula is C3H10N2S2. The third-order valence-corrected chi connectivity index (χ3v) is 1.57. The Kier molecular flexibility index (Phi) is 7.21. The monoisotopic (exact) mass is 138 g/mol. The second-order valence-electron chi connectivity index (χ2n) is 1.10. The molecule has 0 aliphatic rings. The van der Waals surface area contributed by atoms with Crippen LogP contribution < -0.4 is 10.3 Å². The molecule has 0 amide bonds. The van der Waals surface area contributed by atoms with Crippen LogP contribution in [0.3, 0.4) is 0 Å². The zero-order valence-electron chi connectivity index (χ0n) is 4.09. The lowest BCUT2D eigenvalue weighted by atomic mass is 10.6. The molecule has 0 aromatic rings. The summed E-state index contributed by atoms with van der Waals surface area (Å²) in [6, 6.07) is 0. The average molecular weight is 138 g/mol. The molecule has 2 nitrogen and oxygen atoms in total. The van der Waals surface area contributed by atoms with Gasteiger partial charge in [0.15, 0.2) is 0 Å². The van der Waals surface area contributed by atoms with Gasteiger partial charge >= 0.3 is 0 Å². The van der Waals surface area contributed by atoms with Gasteiger partial charge in [-0.25, -0.2) is 0 Å². The first-order valence-corrected chi connectivity index (χ1v) is 4.15. The van der Waals surface area contributed by atoms with Gasteiger partial charge in [-0.15, -0.1) is 0 Å². The van der Waals surface area contributed by atoms with Crippen molar-refractivity contribution in [2.75, 3.05) is 11.5 Å². The van der Waals surface area contributed by atoms with Gasteiger partial charge in [0.2, 0.25) is 0 Å². The van der Waals surface area contributed by atoms with E-state index in [-0.39, 0.29) is 0 Å². The van der Waals surface area contributed by atoms with Crippen LogP contribution in [0.5, 0.6) is 0 Å². The number of hydrogen-bond acceptors (Lipinski definition) is 4. The van der Waals surface area contributed by atoms with Crippen LogP contribution in [0.25, 0.3) is 0 Å². The summed E-state index contributed by atoms with van der Waals surface area (Å²) in [5.74, 6) is 2.04. The Morgan fingerprint density at radius 2 is 1.43 bits per heavy atom. The van der Waals surface area contributed by atoms with Crippen molar-refractivity contribution in [3.63, 3.8) is 0 Å². The lowest BCUT2D eigenvalue weighted by molar-refractivity contribution is 1.12. The van der Waals surface area contributed by atoms with Crippen LogP contribution in [-0.4, -0.2) is 11.5 Å². The van der Waals surface area contributed by atoms with Gasteiger partial charge in [-0.3, -0.25) is 10.3 Å². The molecule has 0 aliphatic carbocycles. The van der Waals surface area contributed by atoms with E-state index < -0.39 is 0 Å². The van der Waals surface area contributed by atoms with E-state index in [4.69, 9.17) is 10.3 Å². The maximum Gasteiger partial charge on any atom is 0.00847 e. The molecule has 0 atom stereocenters. The lowest BCUT2D eigenvalue weighted by Gasteiger charge is -1.90. The Morgan fingerprint density at radius 1 is 1.00 bits per heavy atom. The first-order valence-electron chi connectivity index (χ1n) is 2.05. The molecule has 0 aliphatic heterocycles. The zero-order chi connectivity index (χ0) is 5.54. The smallest absolute Gasteiger partial charge is 0.00847 e. The van der Waals surface area contributed by atoms with Gasteiger partial charge < -0.3 is 0 Å². The van der Waals surface area contributed by atoms with Crippen molar-refractivity contribution in [2.45, 2.75) is 6.42 Å². The lowest BCUT2D eigenvalue weighted by Crippen LogP contribution is -1.90. The van der Waals surface area contributed by atoms with Gasteiger partial charge in [-0.05, 0) is 6.42 Å². The third-order valence-electron chi connectivity index (χ3n) is 0.524. The van der Waals surface area contributed by atoms with Crippen molar-refractivity contribution in [3.8, 4) is 0 Å². The van der Waals surface area contributed by atoms with Gasteiger partial charge in [0.25, 0.3) is 0 Å². The molecule has 0 saturated carbocycles. The summed E-state index contributed by atoms with van der Waals surface area (Å²) in [4.78, 5) is 0. The molecule has 7 heavy (non-hydrogen) atoms. The number of rotatable bonds is 4. The molecule has 0 unspecified atom stereocenters. The van der Waals surface area contributed by atoms with Crippen molar-refractivity contribution in [2.24, 2.45) is 10.3 Å². The van der Waals surface area contributed by atoms with Crippen molar-refractivity contribution >= 4 is 23.9 Å². The van der Waals surface area contributed by atoms with Crippen LogP contribution in [-0.2, 0) is 0 Å². The maximum absolute atomic E-state index is 5.14. The highest BCUT2D eigenvalue weighted by Gasteiger charge is 1.81. The van der Waals surface area contributed by atoms with E-state index >= 15 is 0 Å². The first kappa shape index (κ1) is 7.62. The van der Waals surface area contributed by atoms with Crippen LogP contribution in [0.4, 0.5) is 0 Å². The van der Waals surface area contributed by atoms with Crippen LogP contribution >= 0.6 is 23.9 Å². The summed E-state index contributed by atoms with van der Waals surface area (Å²) >= 11 is 2.75. The molecule has 44 valence electrons. The van der Waals surface area contributed by atoms with E-state index in [2.05, 4.69) is 0 Å². The first-order chi connectivity index (χ1) is 3.41. The molecule has 0 heterocycles. The van der Waals surface area contributed by atoms with Gasteiger partial charge in [-0.1, -0.05) is 23.9 Å². The van der Waals surface area contributed by atoms with Crippen molar-refractivity contribution in [1.29, 1.82) is 0 Å². The van der Waals surface area contributed by atoms with Gasteiger partial charge in [0.1, 0.15) is 0 Å². The summed E-state index contributed by atoms with van der Waals surface area (Å²) in [6.07, 6.45) is 1.11. The topological polar surface area (TPSA) is 52.0 Å². The second kappa shape index (κ2) is 6.62. The molecule has 0 rings (SSSR count). The standard InChI is InChI=1S/C3H10N2S2/c4-6-2-1-3-7-5/h1-5H2. The SMILES string of the molecule is NSCCCSN. The minimum atomic E-state index is 1.02. The normalized spacial score (nSPS) is 9.43. The van der Waals surface area contributed by atoms with Gasteiger partial charge in [-0.2, -0.15) is 0 Å². The molecule has 0 aromatic carbocycles. The fourth-order valence-electron chi connectivity index (χ4n) is 0.226. The molecule has 0 aromatic heterocycles. The van der Waals surface area contributed by atoms with Crippen LogP contribution in [0.2, 0.25) is 0 Å². The Hall–Kier alpha value is 0.620. The van der Waals surface area contributed by atoms with E-state index in [0.717, 1.165) is 17.9 Å².